The first-order chi connectivity index (χ1) is 11.5. The monoisotopic (exact) mass is 328 g/mol. The van der Waals surface area contributed by atoms with Crippen LogP contribution in [0.4, 0.5) is 4.39 Å². The van der Waals surface area contributed by atoms with E-state index in [2.05, 4.69) is 5.16 Å². The van der Waals surface area contributed by atoms with Gasteiger partial charge < -0.3 is 13.8 Å². The molecule has 6 heteroatoms. The van der Waals surface area contributed by atoms with Gasteiger partial charge in [0.05, 0.1) is 5.56 Å². The number of benzene rings is 1. The Hall–Kier alpha value is -2.89. The van der Waals surface area contributed by atoms with Crippen molar-refractivity contribution in [2.75, 3.05) is 0 Å². The number of carbonyl (C=O) groups is 1. The molecule has 0 atom stereocenters. The molecule has 0 unspecified atom stereocenters. The van der Waals surface area contributed by atoms with E-state index in [0.29, 0.717) is 17.0 Å². The second-order valence-electron chi connectivity index (χ2n) is 5.60. The molecule has 3 rings (SSSR count). The summed E-state index contributed by atoms with van der Waals surface area (Å²) in [5.41, 5.74) is 3.42. The van der Waals surface area contributed by atoms with Crippen LogP contribution in [0.1, 0.15) is 33.2 Å². The molecule has 124 valence electrons. The summed E-state index contributed by atoms with van der Waals surface area (Å²) >= 11 is 0. The molecule has 0 saturated carbocycles. The largest absolute Gasteiger partial charge is 0.455 e. The van der Waals surface area contributed by atoms with Gasteiger partial charge in [-0.05, 0) is 51.1 Å². The van der Waals surface area contributed by atoms with Gasteiger partial charge in [0.15, 0.2) is 0 Å². The molecule has 5 nitrogen and oxygen atoms in total. The Morgan fingerprint density at radius 1 is 1.21 bits per heavy atom. The Morgan fingerprint density at radius 2 is 1.92 bits per heavy atom. The minimum Gasteiger partial charge on any atom is -0.455 e. The summed E-state index contributed by atoms with van der Waals surface area (Å²) in [5, 5.41) is 3.79. The third-order valence-electron chi connectivity index (χ3n) is 3.76. The van der Waals surface area contributed by atoms with Crippen LogP contribution in [0, 0.1) is 26.6 Å². The van der Waals surface area contributed by atoms with Crippen LogP contribution < -0.4 is 0 Å². The number of carbonyl (C=O) groups excluding carboxylic acids is 1. The van der Waals surface area contributed by atoms with Gasteiger partial charge in [0.2, 0.25) is 0 Å². The van der Waals surface area contributed by atoms with Crippen LogP contribution >= 0.6 is 0 Å². The predicted octanol–water partition coefficient (Wildman–Crippen LogP) is 3.89. The summed E-state index contributed by atoms with van der Waals surface area (Å²) < 4.78 is 25.2. The van der Waals surface area contributed by atoms with Crippen molar-refractivity contribution in [3.63, 3.8) is 0 Å². The molecule has 24 heavy (non-hydrogen) atoms. The smallest absolute Gasteiger partial charge is 0.340 e. The van der Waals surface area contributed by atoms with E-state index in [1.54, 1.807) is 31.2 Å². The number of nitrogens with zero attached hydrogens (tertiary/aromatic N) is 2. The number of hydrogen-bond donors (Lipinski definition) is 0. The Balaban J connectivity index is 1.82. The maximum Gasteiger partial charge on any atom is 0.340 e. The lowest BCUT2D eigenvalue weighted by molar-refractivity contribution is 0.0463. The highest BCUT2D eigenvalue weighted by molar-refractivity contribution is 5.91. The standard InChI is InChI=1S/C18H17FN2O3/c1-11-8-17(18(22)23-10-15-9-12(2)24-20-15)13(3)21(11)16-6-4-14(19)5-7-16/h4-9H,10H2,1-3H3. The number of esters is 1. The highest BCUT2D eigenvalue weighted by atomic mass is 19.1. The van der Waals surface area contributed by atoms with Crippen LogP contribution in [0.2, 0.25) is 0 Å². The Kier molecular flexibility index (Phi) is 4.20. The third-order valence-corrected chi connectivity index (χ3v) is 3.76. The zero-order valence-electron chi connectivity index (χ0n) is 13.7. The molecule has 0 radical (unpaired) electrons. The lowest BCUT2D eigenvalue weighted by atomic mass is 10.2. The normalized spacial score (nSPS) is 10.8. The fourth-order valence-electron chi connectivity index (χ4n) is 2.66. The highest BCUT2D eigenvalue weighted by Gasteiger charge is 2.18. The van der Waals surface area contributed by atoms with Crippen molar-refractivity contribution in [3.8, 4) is 5.69 Å². The quantitative estimate of drug-likeness (QED) is 0.682. The van der Waals surface area contributed by atoms with Gasteiger partial charge in [-0.2, -0.15) is 0 Å². The molecule has 0 aliphatic rings. The van der Waals surface area contributed by atoms with E-state index in [0.717, 1.165) is 17.1 Å². The Morgan fingerprint density at radius 3 is 2.54 bits per heavy atom. The molecule has 0 bridgehead atoms. The fraction of sp³-hybridized carbons (Fsp3) is 0.222. The molecular weight excluding hydrogens is 311 g/mol. The summed E-state index contributed by atoms with van der Waals surface area (Å²) in [6.07, 6.45) is 0. The third kappa shape index (κ3) is 3.08. The molecule has 0 N–H and O–H groups in total. The van der Waals surface area contributed by atoms with Gasteiger partial charge in [-0.3, -0.25) is 0 Å². The van der Waals surface area contributed by atoms with Crippen molar-refractivity contribution in [3.05, 3.63) is 70.6 Å². The summed E-state index contributed by atoms with van der Waals surface area (Å²) in [5.74, 6) is -0.0728. The van der Waals surface area contributed by atoms with Gasteiger partial charge in [0.1, 0.15) is 23.9 Å². The van der Waals surface area contributed by atoms with Crippen LogP contribution in [0.15, 0.2) is 40.9 Å². The number of aryl methyl sites for hydroxylation is 2. The van der Waals surface area contributed by atoms with Gasteiger partial charge in [0, 0.05) is 23.1 Å². The molecule has 0 aliphatic heterocycles. The highest BCUT2D eigenvalue weighted by Crippen LogP contribution is 2.22. The van der Waals surface area contributed by atoms with Crippen LogP contribution in [0.3, 0.4) is 0 Å². The second kappa shape index (κ2) is 6.31. The summed E-state index contributed by atoms with van der Waals surface area (Å²) in [7, 11) is 0. The average Bonchev–Trinajstić information content (AvgIpc) is 3.09. The molecule has 2 heterocycles. The molecule has 2 aromatic heterocycles. The van der Waals surface area contributed by atoms with Crippen LogP contribution in [0.25, 0.3) is 5.69 Å². The van der Waals surface area contributed by atoms with Gasteiger partial charge in [-0.1, -0.05) is 5.16 Å². The second-order valence-corrected chi connectivity index (χ2v) is 5.60. The first kappa shape index (κ1) is 16.0. The van der Waals surface area contributed by atoms with E-state index in [9.17, 15) is 9.18 Å². The van der Waals surface area contributed by atoms with E-state index < -0.39 is 5.97 Å². The minimum atomic E-state index is -0.433. The number of halogens is 1. The van der Waals surface area contributed by atoms with Crippen molar-refractivity contribution >= 4 is 5.97 Å². The SMILES string of the molecule is Cc1cc(COC(=O)c2cc(C)n(-c3ccc(F)cc3)c2C)no1. The lowest BCUT2D eigenvalue weighted by Crippen LogP contribution is -2.07. The fourth-order valence-corrected chi connectivity index (χ4v) is 2.66. The van der Waals surface area contributed by atoms with Crippen molar-refractivity contribution in [2.45, 2.75) is 27.4 Å². The molecule has 3 aromatic rings. The van der Waals surface area contributed by atoms with Crippen molar-refractivity contribution < 1.29 is 18.4 Å². The number of ether oxygens (including phenoxy) is 1. The first-order valence-corrected chi connectivity index (χ1v) is 7.50. The summed E-state index contributed by atoms with van der Waals surface area (Å²) in [4.78, 5) is 12.3. The molecule has 0 fully saturated rings. The van der Waals surface area contributed by atoms with Crippen LogP contribution in [-0.2, 0) is 11.3 Å². The first-order valence-electron chi connectivity index (χ1n) is 7.50. The topological polar surface area (TPSA) is 57.3 Å². The van der Waals surface area contributed by atoms with Crippen molar-refractivity contribution in [2.24, 2.45) is 0 Å². The van der Waals surface area contributed by atoms with E-state index >= 15 is 0 Å². The lowest BCUT2D eigenvalue weighted by Gasteiger charge is -2.09. The average molecular weight is 328 g/mol. The van der Waals surface area contributed by atoms with Gasteiger partial charge in [-0.15, -0.1) is 0 Å². The van der Waals surface area contributed by atoms with Crippen LogP contribution in [-0.4, -0.2) is 15.7 Å². The van der Waals surface area contributed by atoms with E-state index in [-0.39, 0.29) is 12.4 Å². The molecule has 0 aliphatic carbocycles. The maximum atomic E-state index is 13.1. The van der Waals surface area contributed by atoms with Crippen molar-refractivity contribution in [1.29, 1.82) is 0 Å². The number of aromatic nitrogens is 2. The van der Waals surface area contributed by atoms with Gasteiger partial charge in [-0.25, -0.2) is 9.18 Å². The van der Waals surface area contributed by atoms with Gasteiger partial charge in [0.25, 0.3) is 0 Å². The summed E-state index contributed by atoms with van der Waals surface area (Å²) in [6.45, 7) is 5.53. The predicted molar refractivity (Wildman–Crippen MR) is 85.6 cm³/mol. The molecule has 0 spiro atoms. The van der Waals surface area contributed by atoms with Crippen molar-refractivity contribution in [1.82, 2.24) is 9.72 Å². The van der Waals surface area contributed by atoms with Gasteiger partial charge >= 0.3 is 5.97 Å². The maximum absolute atomic E-state index is 13.1. The molecule has 0 saturated heterocycles. The van der Waals surface area contributed by atoms with Crippen LogP contribution in [0.5, 0.6) is 0 Å². The van der Waals surface area contributed by atoms with E-state index in [4.69, 9.17) is 9.26 Å². The Bertz CT molecular complexity index is 878. The zero-order valence-corrected chi connectivity index (χ0v) is 13.7. The number of hydrogen-bond acceptors (Lipinski definition) is 4. The molecule has 1 aromatic carbocycles. The zero-order chi connectivity index (χ0) is 17.3. The molecular formula is C18H17FN2O3. The van der Waals surface area contributed by atoms with E-state index in [1.807, 2.05) is 18.4 Å². The number of rotatable bonds is 4. The molecule has 0 amide bonds. The van der Waals surface area contributed by atoms with E-state index in [1.165, 1.54) is 12.1 Å². The Labute approximate surface area is 138 Å². The summed E-state index contributed by atoms with van der Waals surface area (Å²) in [6, 6.07) is 9.59. The minimum absolute atomic E-state index is 0.0520.